The van der Waals surface area contributed by atoms with E-state index in [0.29, 0.717) is 5.76 Å². The number of nitrogens with one attached hydrogen (secondary N) is 2. The summed E-state index contributed by atoms with van der Waals surface area (Å²) in [5.74, 6) is 5.62. The van der Waals surface area contributed by atoms with E-state index in [1.54, 1.807) is 0 Å². The van der Waals surface area contributed by atoms with Crippen molar-refractivity contribution in [3.63, 3.8) is 0 Å². The highest BCUT2D eigenvalue weighted by Gasteiger charge is 2.08. The molecule has 4 nitrogen and oxygen atoms in total. The van der Waals surface area contributed by atoms with E-state index in [0.717, 1.165) is 22.2 Å². The highest BCUT2D eigenvalue weighted by atomic mass is 32.1. The Balaban J connectivity index is 2.37. The molecule has 0 amide bonds. The molecule has 0 fully saturated rings. The fraction of sp³-hybridized carbons (Fsp3) is 0.154. The Morgan fingerprint density at radius 3 is 2.83 bits per heavy atom. The molecule has 18 heavy (non-hydrogen) atoms. The first-order valence-corrected chi connectivity index (χ1v) is 5.90. The molecule has 0 unspecified atom stereocenters. The maximum absolute atomic E-state index is 5.27. The van der Waals surface area contributed by atoms with Crippen molar-refractivity contribution in [2.75, 3.05) is 0 Å². The molecule has 0 aliphatic rings. The first-order valence-electron chi connectivity index (χ1n) is 5.49. The molecule has 0 spiro atoms. The Morgan fingerprint density at radius 1 is 1.44 bits per heavy atom. The summed E-state index contributed by atoms with van der Waals surface area (Å²) < 4.78 is 5.27. The molecular weight excluding hydrogens is 246 g/mol. The average molecular weight is 261 g/mol. The minimum Gasteiger partial charge on any atom is -0.431 e. The van der Waals surface area contributed by atoms with Gasteiger partial charge in [0.15, 0.2) is 0 Å². The number of thiocarbonyl (C=S) groups is 1. The van der Waals surface area contributed by atoms with E-state index in [4.69, 9.17) is 22.8 Å². The minimum atomic E-state index is 0.0991. The number of fused-ring (bicyclic) bond motifs is 1. The van der Waals surface area contributed by atoms with Crippen molar-refractivity contribution >= 4 is 34.1 Å². The van der Waals surface area contributed by atoms with Crippen LogP contribution in [0.4, 0.5) is 0 Å². The summed E-state index contributed by atoms with van der Waals surface area (Å²) in [7, 11) is 0. The molecule has 4 N–H and O–H groups in total. The van der Waals surface area contributed by atoms with E-state index in [2.05, 4.69) is 23.9 Å². The maximum Gasteiger partial charge on any atom is 0.276 e. The first-order chi connectivity index (χ1) is 8.52. The second-order valence-electron chi connectivity index (χ2n) is 4.09. The summed E-state index contributed by atoms with van der Waals surface area (Å²) in [4.78, 5) is 3.32. The minimum absolute atomic E-state index is 0.0991. The van der Waals surface area contributed by atoms with Crippen molar-refractivity contribution in [2.24, 2.45) is 5.84 Å². The Labute approximate surface area is 111 Å². The quantitative estimate of drug-likeness (QED) is 0.336. The van der Waals surface area contributed by atoms with Crippen LogP contribution < -0.4 is 11.3 Å². The smallest absolute Gasteiger partial charge is 0.276 e. The van der Waals surface area contributed by atoms with E-state index in [1.165, 1.54) is 5.56 Å². The molecule has 0 saturated heterocycles. The Bertz CT molecular complexity index is 630. The molecular formula is C13H15N3OS. The van der Waals surface area contributed by atoms with Gasteiger partial charge in [-0.1, -0.05) is 6.58 Å². The van der Waals surface area contributed by atoms with Crippen LogP contribution in [0.1, 0.15) is 16.8 Å². The summed E-state index contributed by atoms with van der Waals surface area (Å²) in [5.41, 5.74) is 6.62. The molecule has 5 heteroatoms. The third-order valence-corrected chi connectivity index (χ3v) is 3.17. The van der Waals surface area contributed by atoms with Gasteiger partial charge in [0.05, 0.1) is 0 Å². The number of nitrogens with two attached hydrogens (primary N) is 1. The highest BCUT2D eigenvalue weighted by molar-refractivity contribution is 7.80. The van der Waals surface area contributed by atoms with Crippen LogP contribution in [-0.4, -0.2) is 10.2 Å². The van der Waals surface area contributed by atoms with Gasteiger partial charge < -0.3 is 9.72 Å². The van der Waals surface area contributed by atoms with Gasteiger partial charge in [0.2, 0.25) is 0 Å². The number of hydrogen-bond acceptors (Lipinski definition) is 3. The van der Waals surface area contributed by atoms with E-state index in [-0.39, 0.29) is 5.17 Å². The van der Waals surface area contributed by atoms with Crippen molar-refractivity contribution in [2.45, 2.75) is 13.8 Å². The van der Waals surface area contributed by atoms with Crippen molar-refractivity contribution < 1.29 is 4.74 Å². The number of benzene rings is 1. The van der Waals surface area contributed by atoms with Gasteiger partial charge in [0, 0.05) is 22.2 Å². The number of aryl methyl sites for hydroxylation is 2. The van der Waals surface area contributed by atoms with Gasteiger partial charge in [-0.05, 0) is 49.8 Å². The van der Waals surface area contributed by atoms with Crippen LogP contribution in [0.2, 0.25) is 0 Å². The van der Waals surface area contributed by atoms with Crippen LogP contribution in [0.15, 0.2) is 24.8 Å². The van der Waals surface area contributed by atoms with Gasteiger partial charge in [-0.2, -0.15) is 0 Å². The van der Waals surface area contributed by atoms with Crippen LogP contribution in [0.25, 0.3) is 16.7 Å². The molecule has 0 atom stereocenters. The molecule has 0 radical (unpaired) electrons. The SMILES string of the molecule is C=C(OC(=S)NN)c1ccc2[nH]c(C)c(C)c2c1. The van der Waals surface area contributed by atoms with Gasteiger partial charge in [-0.25, -0.2) is 5.84 Å². The monoisotopic (exact) mass is 261 g/mol. The lowest BCUT2D eigenvalue weighted by Crippen LogP contribution is -2.29. The normalized spacial score (nSPS) is 10.4. The summed E-state index contributed by atoms with van der Waals surface area (Å²) in [5, 5.41) is 1.25. The lowest BCUT2D eigenvalue weighted by molar-refractivity contribution is 0.495. The summed E-state index contributed by atoms with van der Waals surface area (Å²) in [6.45, 7) is 7.97. The number of aromatic amines is 1. The molecule has 0 saturated carbocycles. The Kier molecular flexibility index (Phi) is 3.36. The molecule has 0 bridgehead atoms. The van der Waals surface area contributed by atoms with Crippen molar-refractivity contribution in [1.82, 2.24) is 10.4 Å². The van der Waals surface area contributed by atoms with Gasteiger partial charge >= 0.3 is 0 Å². The van der Waals surface area contributed by atoms with Gasteiger partial charge in [-0.15, -0.1) is 0 Å². The van der Waals surface area contributed by atoms with Gasteiger partial charge in [-0.3, -0.25) is 5.43 Å². The third kappa shape index (κ3) is 2.23. The van der Waals surface area contributed by atoms with E-state index < -0.39 is 0 Å². The van der Waals surface area contributed by atoms with Crippen LogP contribution in [0, 0.1) is 13.8 Å². The zero-order valence-corrected chi connectivity index (χ0v) is 11.1. The Morgan fingerprint density at radius 2 is 2.17 bits per heavy atom. The molecule has 1 aromatic heterocycles. The molecule has 94 valence electrons. The number of H-pyrrole nitrogens is 1. The van der Waals surface area contributed by atoms with Gasteiger partial charge in [0.1, 0.15) is 5.76 Å². The topological polar surface area (TPSA) is 63.1 Å². The largest absolute Gasteiger partial charge is 0.431 e. The molecule has 2 rings (SSSR count). The van der Waals surface area contributed by atoms with E-state index in [9.17, 15) is 0 Å². The third-order valence-electron chi connectivity index (χ3n) is 2.96. The van der Waals surface area contributed by atoms with Crippen molar-refractivity contribution in [1.29, 1.82) is 0 Å². The molecule has 2 aromatic rings. The standard InChI is InChI=1S/C13H15N3OS/c1-7-8(2)15-12-5-4-10(6-11(7)12)9(3)17-13(18)16-14/h4-6,15H,3,14H2,1-2H3,(H,16,18). The molecule has 0 aliphatic heterocycles. The Hall–Kier alpha value is -1.85. The van der Waals surface area contributed by atoms with Crippen LogP contribution in [0.3, 0.4) is 0 Å². The number of rotatable bonds is 2. The number of hydrazine groups is 1. The number of ether oxygens (including phenoxy) is 1. The first kappa shape index (κ1) is 12.6. The average Bonchev–Trinajstić information content (AvgIpc) is 2.64. The van der Waals surface area contributed by atoms with Crippen LogP contribution in [0.5, 0.6) is 0 Å². The lowest BCUT2D eigenvalue weighted by Gasteiger charge is -2.09. The van der Waals surface area contributed by atoms with Crippen molar-refractivity contribution in [3.05, 3.63) is 41.6 Å². The number of aromatic nitrogens is 1. The summed E-state index contributed by atoms with van der Waals surface area (Å²) in [6.07, 6.45) is 0. The maximum atomic E-state index is 5.27. The summed E-state index contributed by atoms with van der Waals surface area (Å²) in [6, 6.07) is 5.95. The van der Waals surface area contributed by atoms with E-state index >= 15 is 0 Å². The lowest BCUT2D eigenvalue weighted by atomic mass is 10.1. The zero-order chi connectivity index (χ0) is 13.3. The predicted molar refractivity (Wildman–Crippen MR) is 77.8 cm³/mol. The second kappa shape index (κ2) is 4.80. The number of hydrogen-bond donors (Lipinski definition) is 3. The van der Waals surface area contributed by atoms with Crippen LogP contribution in [-0.2, 0) is 4.74 Å². The molecule has 0 aliphatic carbocycles. The van der Waals surface area contributed by atoms with Crippen molar-refractivity contribution in [3.8, 4) is 0 Å². The molecule has 1 aromatic carbocycles. The second-order valence-corrected chi connectivity index (χ2v) is 4.46. The van der Waals surface area contributed by atoms with Gasteiger partial charge in [0.25, 0.3) is 5.17 Å². The fourth-order valence-corrected chi connectivity index (χ4v) is 1.94. The molecule has 1 heterocycles. The fourth-order valence-electron chi connectivity index (χ4n) is 1.83. The predicted octanol–water partition coefficient (Wildman–Crippen LogP) is 2.52. The highest BCUT2D eigenvalue weighted by Crippen LogP contribution is 2.25. The zero-order valence-electron chi connectivity index (χ0n) is 10.3. The van der Waals surface area contributed by atoms with Crippen LogP contribution >= 0.6 is 12.2 Å². The summed E-state index contributed by atoms with van der Waals surface area (Å²) >= 11 is 4.83. The van der Waals surface area contributed by atoms with E-state index in [1.807, 2.05) is 25.1 Å².